The van der Waals surface area contributed by atoms with E-state index in [1.165, 1.54) is 77.9 Å². The molecule has 0 unspecified atom stereocenters. The van der Waals surface area contributed by atoms with Gasteiger partial charge in [0.05, 0.1) is 0 Å². The molecule has 0 aliphatic heterocycles. The molecule has 64 heavy (non-hydrogen) atoms. The van der Waals surface area contributed by atoms with E-state index in [2.05, 4.69) is 229 Å². The predicted octanol–water partition coefficient (Wildman–Crippen LogP) is 10.1. The molecule has 0 aromatic heterocycles. The van der Waals surface area contributed by atoms with E-state index in [9.17, 15) is 0 Å². The van der Waals surface area contributed by atoms with Gasteiger partial charge in [-0.25, -0.2) is 12.2 Å². The molecule has 0 spiro atoms. The van der Waals surface area contributed by atoms with Crippen molar-refractivity contribution in [3.63, 3.8) is 0 Å². The molecule has 0 saturated carbocycles. The van der Waals surface area contributed by atoms with Crippen molar-refractivity contribution >= 4 is 3.21 Å². The number of fused-ring (bicyclic) bond motifs is 3. The van der Waals surface area contributed by atoms with E-state index in [1.807, 2.05) is 12.2 Å². The van der Waals surface area contributed by atoms with Crippen LogP contribution < -0.4 is 24.8 Å². The molecular formula is C61H68Cl2Zr-2. The van der Waals surface area contributed by atoms with Crippen molar-refractivity contribution in [2.24, 2.45) is 0 Å². The fourth-order valence-electron chi connectivity index (χ4n) is 8.25. The number of halogens is 2. The first-order chi connectivity index (χ1) is 29.2. The van der Waals surface area contributed by atoms with Crippen molar-refractivity contribution in [2.45, 2.75) is 130 Å². The van der Waals surface area contributed by atoms with E-state index in [-0.39, 0.29) is 46.5 Å². The fourth-order valence-corrected chi connectivity index (χ4v) is 9.26. The number of hydrogen-bond donors (Lipinski definition) is 0. The average Bonchev–Trinajstić information content (AvgIpc) is 3.92. The van der Waals surface area contributed by atoms with Gasteiger partial charge in [0, 0.05) is 0 Å². The van der Waals surface area contributed by atoms with Crippen LogP contribution in [0.25, 0.3) is 33.4 Å². The maximum atomic E-state index is 3.96. The molecule has 0 saturated heterocycles. The van der Waals surface area contributed by atoms with Crippen molar-refractivity contribution in [2.75, 3.05) is 0 Å². The molecular weight excluding hydrogens is 895 g/mol. The Morgan fingerprint density at radius 1 is 0.516 bits per heavy atom. The molecule has 2 aliphatic rings. The first kappa shape index (κ1) is 52.8. The van der Waals surface area contributed by atoms with E-state index < -0.39 is 0 Å². The molecule has 0 amide bonds. The summed E-state index contributed by atoms with van der Waals surface area (Å²) in [6.45, 7) is 27.7. The van der Waals surface area contributed by atoms with Gasteiger partial charge in [-0.2, -0.15) is 6.08 Å². The van der Waals surface area contributed by atoms with Gasteiger partial charge in [-0.1, -0.05) is 160 Å². The Morgan fingerprint density at radius 2 is 0.984 bits per heavy atom. The van der Waals surface area contributed by atoms with Gasteiger partial charge in [0.15, 0.2) is 0 Å². The van der Waals surface area contributed by atoms with Crippen molar-refractivity contribution < 1.29 is 49.0 Å². The van der Waals surface area contributed by atoms with Crippen LogP contribution in [0.5, 0.6) is 0 Å². The molecule has 6 aromatic carbocycles. The molecule has 6 aromatic rings. The second kappa shape index (κ2) is 22.1. The Hall–Kier alpha value is -3.87. The molecule has 0 bridgehead atoms. The van der Waals surface area contributed by atoms with Crippen LogP contribution in [0.4, 0.5) is 0 Å². The van der Waals surface area contributed by atoms with E-state index in [0.717, 1.165) is 25.7 Å². The average molecular weight is 963 g/mol. The number of rotatable bonds is 6. The summed E-state index contributed by atoms with van der Waals surface area (Å²) in [6.07, 6.45) is 13.2. The van der Waals surface area contributed by atoms with Crippen LogP contribution >= 0.6 is 0 Å². The van der Waals surface area contributed by atoms with Gasteiger partial charge < -0.3 is 24.8 Å². The normalized spacial score (nSPS) is 12.7. The molecule has 0 atom stereocenters. The van der Waals surface area contributed by atoms with E-state index in [1.54, 1.807) is 27.4 Å². The van der Waals surface area contributed by atoms with Crippen LogP contribution in [0.15, 0.2) is 146 Å². The summed E-state index contributed by atoms with van der Waals surface area (Å²) in [5.74, 6) is 0. The van der Waals surface area contributed by atoms with Crippen LogP contribution in [0.3, 0.4) is 0 Å². The maximum absolute atomic E-state index is 3.96. The van der Waals surface area contributed by atoms with E-state index >= 15 is 0 Å². The van der Waals surface area contributed by atoms with Crippen molar-refractivity contribution in [1.29, 1.82) is 0 Å². The summed E-state index contributed by atoms with van der Waals surface area (Å²) in [4.78, 5) is 0. The second-order valence-corrected chi connectivity index (χ2v) is 23.0. The summed E-state index contributed by atoms with van der Waals surface area (Å²) < 4.78 is 1.60. The zero-order valence-electron chi connectivity index (χ0n) is 40.4. The van der Waals surface area contributed by atoms with Gasteiger partial charge in [-0.3, -0.25) is 6.08 Å². The molecule has 332 valence electrons. The molecule has 0 nitrogen and oxygen atoms in total. The Balaban J connectivity index is 0.000000321. The van der Waals surface area contributed by atoms with E-state index in [4.69, 9.17) is 0 Å². The van der Waals surface area contributed by atoms with Gasteiger partial charge in [0.1, 0.15) is 0 Å². The predicted molar refractivity (Wildman–Crippen MR) is 266 cm³/mol. The fraction of sp³-hybridized carbons (Fsp3) is 0.328. The van der Waals surface area contributed by atoms with Crippen LogP contribution in [0.2, 0.25) is 0 Å². The van der Waals surface area contributed by atoms with Crippen molar-refractivity contribution in [1.82, 2.24) is 0 Å². The van der Waals surface area contributed by atoms with Crippen LogP contribution in [-0.2, 0) is 65.2 Å². The Morgan fingerprint density at radius 3 is 1.39 bits per heavy atom. The summed E-state index contributed by atoms with van der Waals surface area (Å²) >= 11 is 1.55. The first-order valence-electron chi connectivity index (χ1n) is 22.5. The Bertz CT molecular complexity index is 2340. The summed E-state index contributed by atoms with van der Waals surface area (Å²) in [5, 5.41) is 0. The van der Waals surface area contributed by atoms with Crippen molar-refractivity contribution in [3.8, 4) is 33.4 Å². The number of hydrogen-bond acceptors (Lipinski definition) is 0. The third-order valence-corrected chi connectivity index (χ3v) is 12.8. The topological polar surface area (TPSA) is 0 Å². The van der Waals surface area contributed by atoms with E-state index in [0.29, 0.717) is 0 Å². The molecule has 0 fully saturated rings. The minimum absolute atomic E-state index is 0. The molecule has 0 N–H and O–H groups in total. The van der Waals surface area contributed by atoms with Gasteiger partial charge >= 0.3 is 112 Å². The summed E-state index contributed by atoms with van der Waals surface area (Å²) in [7, 11) is 0. The molecule has 2 aliphatic carbocycles. The van der Waals surface area contributed by atoms with Gasteiger partial charge in [0.25, 0.3) is 0 Å². The van der Waals surface area contributed by atoms with Crippen LogP contribution in [0.1, 0.15) is 134 Å². The molecule has 3 heteroatoms. The minimum atomic E-state index is 0. The third-order valence-electron chi connectivity index (χ3n) is 11.9. The van der Waals surface area contributed by atoms with Gasteiger partial charge in [-0.05, 0) is 61.5 Å². The van der Waals surface area contributed by atoms with Gasteiger partial charge in [-0.15, -0.1) is 35.2 Å². The van der Waals surface area contributed by atoms with Crippen LogP contribution in [-0.4, -0.2) is 3.21 Å². The quantitative estimate of drug-likeness (QED) is 0.146. The summed E-state index contributed by atoms with van der Waals surface area (Å²) in [6, 6.07) is 51.3. The Labute approximate surface area is 415 Å². The van der Waals surface area contributed by atoms with Crippen LogP contribution in [0, 0.1) is 12.1 Å². The number of benzene rings is 6. The number of allylic oxidation sites excluding steroid dienone is 4. The first-order valence-corrected chi connectivity index (χ1v) is 23.8. The zero-order chi connectivity index (χ0) is 44.9. The zero-order valence-corrected chi connectivity index (χ0v) is 44.4. The second-order valence-electron chi connectivity index (χ2n) is 21.3. The molecule has 8 rings (SSSR count). The third kappa shape index (κ3) is 13.8. The molecule has 0 radical (unpaired) electrons. The molecule has 0 heterocycles. The summed E-state index contributed by atoms with van der Waals surface area (Å²) in [5.41, 5.74) is 19.3. The van der Waals surface area contributed by atoms with Gasteiger partial charge in [0.2, 0.25) is 0 Å². The monoisotopic (exact) mass is 960 g/mol. The standard InChI is InChI=1S/C41H49.C15H14.C5H5.2ClH.Zr/c1-38(2,3)30-17-13-26(14-18-30)34-22-28-21-29-23-35(27-15-19-31(20-16-27)39(4,5)6)37(41(10,11)12)25-33(29)32(28)24-36(34)40(7,8)9;1-3-8-14(9-4-1)12-7-13-15-10-5-2-6-11-15;1-2-4-5-3-1;;;/h13-20,22,24-25H,21H2,1-12H3;1-6,8-11H,12-13H2;1-3H,4H2;2*1H;/q-1;;-1;;;+2/p-2. The SMILES string of the molecule is CC(C)(C)c1ccc(-c2[c-]c3c(cc2C(C)(C)C)-c2cc(C(C)(C)C)c(-c4ccc(C(C)(C)C)cc4)cc2C3)cc1.[C-]1=CC=CC1.[Cl-].[Cl-].[Zr+2]=[C](Cc1ccccc1)Cc1ccccc1. The van der Waals surface area contributed by atoms with Crippen molar-refractivity contribution in [3.05, 3.63) is 202 Å². The Kier molecular flexibility index (Phi) is 18.2.